The predicted molar refractivity (Wildman–Crippen MR) is 94.7 cm³/mol. The molecule has 3 nitrogen and oxygen atoms in total. The van der Waals surface area contributed by atoms with Crippen molar-refractivity contribution in [2.75, 3.05) is 7.11 Å². The van der Waals surface area contributed by atoms with E-state index in [0.29, 0.717) is 17.4 Å². The first-order valence-electron chi connectivity index (χ1n) is 8.72. The molecule has 2 aromatic rings. The van der Waals surface area contributed by atoms with Crippen molar-refractivity contribution in [2.24, 2.45) is 5.92 Å². The van der Waals surface area contributed by atoms with Crippen molar-refractivity contribution in [2.45, 2.75) is 38.5 Å². The second-order valence-electron chi connectivity index (χ2n) is 6.76. The van der Waals surface area contributed by atoms with Crippen molar-refractivity contribution in [1.82, 2.24) is 0 Å². The zero-order valence-electron chi connectivity index (χ0n) is 14.6. The number of methoxy groups -OCH3 is 1. The number of hydrogen-bond donors (Lipinski definition) is 0. The lowest BCUT2D eigenvalue weighted by molar-refractivity contribution is 0.0729. The standard InChI is InChI=1S/C21H23FO3/c1-14-3-5-15(6-4-14)16-7-12-19(20(22)13-16)21(23)25-18-10-8-17(24-2)9-11-18/h7-15H,3-6H2,1-2H3. The topological polar surface area (TPSA) is 35.5 Å². The Kier molecular flexibility index (Phi) is 5.37. The van der Waals surface area contributed by atoms with E-state index in [4.69, 9.17) is 9.47 Å². The van der Waals surface area contributed by atoms with E-state index in [9.17, 15) is 9.18 Å². The molecule has 1 saturated carbocycles. The van der Waals surface area contributed by atoms with Crippen LogP contribution in [-0.4, -0.2) is 13.1 Å². The molecule has 0 aromatic heterocycles. The van der Waals surface area contributed by atoms with E-state index < -0.39 is 11.8 Å². The summed E-state index contributed by atoms with van der Waals surface area (Å²) in [7, 11) is 1.56. The Morgan fingerprint density at radius 3 is 2.24 bits per heavy atom. The van der Waals surface area contributed by atoms with Gasteiger partial charge < -0.3 is 9.47 Å². The van der Waals surface area contributed by atoms with Crippen LogP contribution < -0.4 is 9.47 Å². The van der Waals surface area contributed by atoms with Gasteiger partial charge in [-0.25, -0.2) is 9.18 Å². The highest BCUT2D eigenvalue weighted by Gasteiger charge is 2.22. The number of rotatable bonds is 4. The van der Waals surface area contributed by atoms with Gasteiger partial charge in [-0.1, -0.05) is 25.8 Å². The first-order valence-corrected chi connectivity index (χ1v) is 8.72. The Hall–Kier alpha value is -2.36. The Bertz CT molecular complexity index is 731. The number of esters is 1. The lowest BCUT2D eigenvalue weighted by Gasteiger charge is -2.26. The molecule has 132 valence electrons. The number of carbonyl (C=O) groups is 1. The maximum Gasteiger partial charge on any atom is 0.346 e. The van der Waals surface area contributed by atoms with Crippen LogP contribution in [0.3, 0.4) is 0 Å². The van der Waals surface area contributed by atoms with Crippen LogP contribution >= 0.6 is 0 Å². The maximum atomic E-state index is 14.4. The van der Waals surface area contributed by atoms with Crippen molar-refractivity contribution >= 4 is 5.97 Å². The number of ether oxygens (including phenoxy) is 2. The maximum absolute atomic E-state index is 14.4. The van der Waals surface area contributed by atoms with Gasteiger partial charge in [0.1, 0.15) is 17.3 Å². The predicted octanol–water partition coefficient (Wildman–Crippen LogP) is 5.35. The number of carbonyl (C=O) groups excluding carboxylic acids is 1. The van der Waals surface area contributed by atoms with Crippen LogP contribution in [0, 0.1) is 11.7 Å². The second-order valence-corrected chi connectivity index (χ2v) is 6.76. The van der Waals surface area contributed by atoms with Crippen LogP contribution in [0.5, 0.6) is 11.5 Å². The van der Waals surface area contributed by atoms with Gasteiger partial charge in [-0.3, -0.25) is 0 Å². The van der Waals surface area contributed by atoms with E-state index in [2.05, 4.69) is 6.92 Å². The van der Waals surface area contributed by atoms with E-state index in [-0.39, 0.29) is 5.56 Å². The molecular weight excluding hydrogens is 319 g/mol. The Labute approximate surface area is 147 Å². The summed E-state index contributed by atoms with van der Waals surface area (Å²) in [5, 5.41) is 0. The van der Waals surface area contributed by atoms with Gasteiger partial charge in [0.25, 0.3) is 0 Å². The fraction of sp³-hybridized carbons (Fsp3) is 0.381. The largest absolute Gasteiger partial charge is 0.497 e. The summed E-state index contributed by atoms with van der Waals surface area (Å²) in [6.45, 7) is 2.26. The molecule has 0 bridgehead atoms. The number of benzene rings is 2. The third-order valence-corrected chi connectivity index (χ3v) is 4.97. The SMILES string of the molecule is COc1ccc(OC(=O)c2ccc(C3CCC(C)CC3)cc2F)cc1. The van der Waals surface area contributed by atoms with Gasteiger partial charge in [-0.05, 0) is 66.6 Å². The van der Waals surface area contributed by atoms with Gasteiger partial charge in [-0.15, -0.1) is 0 Å². The summed E-state index contributed by atoms with van der Waals surface area (Å²) in [6, 6.07) is 11.5. The average Bonchev–Trinajstić information content (AvgIpc) is 2.62. The first-order chi connectivity index (χ1) is 12.1. The third-order valence-electron chi connectivity index (χ3n) is 4.97. The summed E-state index contributed by atoms with van der Waals surface area (Å²) in [6.07, 6.45) is 4.51. The molecule has 0 unspecified atom stereocenters. The van der Waals surface area contributed by atoms with Crippen molar-refractivity contribution in [1.29, 1.82) is 0 Å². The lowest BCUT2D eigenvalue weighted by atomic mass is 9.79. The van der Waals surface area contributed by atoms with Crippen LogP contribution in [0.25, 0.3) is 0 Å². The molecule has 0 amide bonds. The van der Waals surface area contributed by atoms with E-state index in [1.807, 2.05) is 6.07 Å². The highest BCUT2D eigenvalue weighted by molar-refractivity contribution is 5.91. The number of hydrogen-bond acceptors (Lipinski definition) is 3. The van der Waals surface area contributed by atoms with Gasteiger partial charge in [0.15, 0.2) is 0 Å². The molecule has 1 aliphatic carbocycles. The van der Waals surface area contributed by atoms with Crippen molar-refractivity contribution in [3.63, 3.8) is 0 Å². The van der Waals surface area contributed by atoms with Crippen LogP contribution in [0.15, 0.2) is 42.5 Å². The molecule has 2 aromatic carbocycles. The molecule has 4 heteroatoms. The van der Waals surface area contributed by atoms with Crippen LogP contribution in [0.4, 0.5) is 4.39 Å². The molecular formula is C21H23FO3. The smallest absolute Gasteiger partial charge is 0.346 e. The van der Waals surface area contributed by atoms with E-state index >= 15 is 0 Å². The highest BCUT2D eigenvalue weighted by atomic mass is 19.1. The summed E-state index contributed by atoms with van der Waals surface area (Å²) in [4.78, 5) is 12.2. The minimum Gasteiger partial charge on any atom is -0.497 e. The minimum atomic E-state index is -0.688. The molecule has 0 spiro atoms. The molecule has 1 aliphatic rings. The van der Waals surface area contributed by atoms with Gasteiger partial charge in [0.2, 0.25) is 0 Å². The van der Waals surface area contributed by atoms with Crippen molar-refractivity contribution in [3.05, 3.63) is 59.4 Å². The summed E-state index contributed by atoms with van der Waals surface area (Å²) in [5.41, 5.74) is 0.939. The molecule has 25 heavy (non-hydrogen) atoms. The minimum absolute atomic E-state index is 0.0382. The number of halogens is 1. The fourth-order valence-electron chi connectivity index (χ4n) is 3.35. The molecule has 0 aliphatic heterocycles. The summed E-state index contributed by atoms with van der Waals surface area (Å²) < 4.78 is 24.7. The van der Waals surface area contributed by atoms with Gasteiger partial charge in [-0.2, -0.15) is 0 Å². The van der Waals surface area contributed by atoms with Crippen LogP contribution in [0.2, 0.25) is 0 Å². The van der Waals surface area contributed by atoms with E-state index in [1.54, 1.807) is 31.4 Å². The molecule has 0 radical (unpaired) electrons. The summed E-state index contributed by atoms with van der Waals surface area (Å²) in [5.74, 6) is 0.950. The second kappa shape index (κ2) is 7.68. The van der Waals surface area contributed by atoms with Crippen molar-refractivity contribution in [3.8, 4) is 11.5 Å². The molecule has 1 fully saturated rings. The Morgan fingerprint density at radius 2 is 1.64 bits per heavy atom. The quantitative estimate of drug-likeness (QED) is 0.555. The normalized spacial score (nSPS) is 20.1. The zero-order chi connectivity index (χ0) is 17.8. The Morgan fingerprint density at radius 1 is 1.00 bits per heavy atom. The Balaban J connectivity index is 1.70. The van der Waals surface area contributed by atoms with Gasteiger partial charge in [0.05, 0.1) is 12.7 Å². The van der Waals surface area contributed by atoms with Crippen molar-refractivity contribution < 1.29 is 18.7 Å². The van der Waals surface area contributed by atoms with Crippen LogP contribution in [-0.2, 0) is 0 Å². The summed E-state index contributed by atoms with van der Waals surface area (Å²) >= 11 is 0. The average molecular weight is 342 g/mol. The zero-order valence-corrected chi connectivity index (χ0v) is 14.6. The highest BCUT2D eigenvalue weighted by Crippen LogP contribution is 2.36. The van der Waals surface area contributed by atoms with E-state index in [1.165, 1.54) is 25.0 Å². The first kappa shape index (κ1) is 17.5. The van der Waals surface area contributed by atoms with E-state index in [0.717, 1.165) is 24.3 Å². The van der Waals surface area contributed by atoms with Gasteiger partial charge in [0, 0.05) is 0 Å². The fourth-order valence-corrected chi connectivity index (χ4v) is 3.35. The van der Waals surface area contributed by atoms with Gasteiger partial charge >= 0.3 is 5.97 Å². The monoisotopic (exact) mass is 342 g/mol. The lowest BCUT2D eigenvalue weighted by Crippen LogP contribution is -2.13. The molecule has 3 rings (SSSR count). The molecule has 0 saturated heterocycles. The molecule has 0 N–H and O–H groups in total. The van der Waals surface area contributed by atoms with Crippen LogP contribution in [0.1, 0.15) is 54.4 Å². The molecule has 0 atom stereocenters. The molecule has 0 heterocycles. The third kappa shape index (κ3) is 4.19.